The molecule has 0 atom stereocenters. The molecule has 1 amide bonds. The average Bonchev–Trinajstić information content (AvgIpc) is 3.04. The minimum Gasteiger partial charge on any atom is -0.496 e. The van der Waals surface area contributed by atoms with Gasteiger partial charge in [-0.05, 0) is 55.2 Å². The number of methoxy groups -OCH3 is 1. The smallest absolute Gasteiger partial charge is 0.258 e. The summed E-state index contributed by atoms with van der Waals surface area (Å²) in [4.78, 5) is 15.8. The summed E-state index contributed by atoms with van der Waals surface area (Å²) in [6, 6.07) is 17.8. The van der Waals surface area contributed by atoms with Gasteiger partial charge in [-0.1, -0.05) is 102 Å². The van der Waals surface area contributed by atoms with Gasteiger partial charge in [-0.15, -0.1) is 0 Å². The van der Waals surface area contributed by atoms with Gasteiger partial charge in [0.25, 0.3) is 5.91 Å². The van der Waals surface area contributed by atoms with E-state index in [0.717, 1.165) is 42.0 Å². The topological polar surface area (TPSA) is 42.7 Å². The van der Waals surface area contributed by atoms with Gasteiger partial charge in [0, 0.05) is 25.2 Å². The van der Waals surface area contributed by atoms with Crippen molar-refractivity contribution in [2.45, 2.75) is 117 Å². The maximum absolute atomic E-state index is 13.9. The molecular weight excluding hydrogens is 532 g/mol. The molecular formula is C38H55N2O3+. The van der Waals surface area contributed by atoms with Crippen LogP contribution in [0.25, 0.3) is 0 Å². The van der Waals surface area contributed by atoms with Gasteiger partial charge in [-0.25, -0.2) is 4.57 Å². The highest BCUT2D eigenvalue weighted by Crippen LogP contribution is 2.26. The van der Waals surface area contributed by atoms with Crippen molar-refractivity contribution in [3.63, 3.8) is 0 Å². The summed E-state index contributed by atoms with van der Waals surface area (Å²) in [5.74, 6) is 1.45. The summed E-state index contributed by atoms with van der Waals surface area (Å²) in [5.41, 5.74) is 3.85. The van der Waals surface area contributed by atoms with Crippen LogP contribution in [0.2, 0.25) is 0 Å². The van der Waals surface area contributed by atoms with Crippen molar-refractivity contribution < 1.29 is 18.8 Å². The molecule has 0 aliphatic rings. The zero-order valence-electron chi connectivity index (χ0n) is 27.3. The lowest BCUT2D eigenvalue weighted by atomic mass is 10.1. The van der Waals surface area contributed by atoms with Crippen molar-refractivity contribution in [3.05, 3.63) is 89.2 Å². The van der Waals surface area contributed by atoms with Crippen LogP contribution < -0.4 is 14.0 Å². The molecule has 0 spiro atoms. The number of rotatable bonds is 21. The number of ether oxygens (including phenoxy) is 2. The summed E-state index contributed by atoms with van der Waals surface area (Å²) in [6.07, 6.45) is 20.1. The Morgan fingerprint density at radius 1 is 0.721 bits per heavy atom. The molecule has 0 saturated heterocycles. The van der Waals surface area contributed by atoms with Gasteiger partial charge >= 0.3 is 0 Å². The average molecular weight is 588 g/mol. The molecule has 0 bridgehead atoms. The highest BCUT2D eigenvalue weighted by Gasteiger charge is 2.21. The first-order chi connectivity index (χ1) is 21.1. The Labute approximate surface area is 261 Å². The number of carbonyl (C=O) groups excluding carboxylic acids is 1. The van der Waals surface area contributed by atoms with E-state index in [4.69, 9.17) is 9.47 Å². The van der Waals surface area contributed by atoms with Crippen molar-refractivity contribution in [3.8, 4) is 11.5 Å². The lowest BCUT2D eigenvalue weighted by molar-refractivity contribution is -0.693. The third-order valence-electron chi connectivity index (χ3n) is 8.34. The van der Waals surface area contributed by atoms with E-state index in [-0.39, 0.29) is 5.91 Å². The first-order valence-corrected chi connectivity index (χ1v) is 16.7. The maximum Gasteiger partial charge on any atom is 0.258 e. The van der Waals surface area contributed by atoms with Crippen LogP contribution >= 0.6 is 0 Å². The van der Waals surface area contributed by atoms with Gasteiger partial charge in [0.2, 0.25) is 0 Å². The zero-order valence-corrected chi connectivity index (χ0v) is 27.3. The predicted octanol–water partition coefficient (Wildman–Crippen LogP) is 9.23. The largest absolute Gasteiger partial charge is 0.496 e. The van der Waals surface area contributed by atoms with Gasteiger partial charge in [0.05, 0.1) is 19.3 Å². The molecule has 0 fully saturated rings. The predicted molar refractivity (Wildman–Crippen MR) is 177 cm³/mol. The highest BCUT2D eigenvalue weighted by atomic mass is 16.5. The molecule has 5 heteroatoms. The van der Waals surface area contributed by atoms with Crippen LogP contribution in [0.5, 0.6) is 11.5 Å². The van der Waals surface area contributed by atoms with Crippen LogP contribution in [0.1, 0.15) is 118 Å². The zero-order chi connectivity index (χ0) is 30.7. The molecule has 234 valence electrons. The minimum absolute atomic E-state index is 0.0492. The Balaban J connectivity index is 1.54. The lowest BCUT2D eigenvalue weighted by Gasteiger charge is -2.25. The minimum atomic E-state index is -0.0492. The highest BCUT2D eigenvalue weighted by molar-refractivity contribution is 5.97. The summed E-state index contributed by atoms with van der Waals surface area (Å²) < 4.78 is 13.9. The van der Waals surface area contributed by atoms with Gasteiger partial charge in [0.1, 0.15) is 18.0 Å². The number of hydrogen-bond acceptors (Lipinski definition) is 3. The van der Waals surface area contributed by atoms with Crippen molar-refractivity contribution in [1.82, 2.24) is 4.90 Å². The summed E-state index contributed by atoms with van der Waals surface area (Å²) in [7, 11) is 1.61. The SMILES string of the molecule is CCCCCCCCCCCCCCOc1cccc(CN(Cc2cc[n+](CC)cc2)C(=O)c2ccccc2OC)c1C. The molecule has 0 aliphatic heterocycles. The molecule has 0 saturated carbocycles. The number of pyridine rings is 1. The van der Waals surface area contributed by atoms with E-state index in [9.17, 15) is 4.79 Å². The van der Waals surface area contributed by atoms with Crippen LogP contribution in [-0.4, -0.2) is 24.5 Å². The Hall–Kier alpha value is -3.34. The third-order valence-corrected chi connectivity index (χ3v) is 8.34. The van der Waals surface area contributed by atoms with Crippen molar-refractivity contribution in [2.75, 3.05) is 13.7 Å². The Morgan fingerprint density at radius 2 is 1.33 bits per heavy atom. The van der Waals surface area contributed by atoms with Crippen molar-refractivity contribution >= 4 is 5.91 Å². The van der Waals surface area contributed by atoms with E-state index in [1.165, 1.54) is 70.6 Å². The molecule has 5 nitrogen and oxygen atoms in total. The van der Waals surface area contributed by atoms with E-state index < -0.39 is 0 Å². The third kappa shape index (κ3) is 11.7. The Bertz CT molecular complexity index is 1210. The fourth-order valence-electron chi connectivity index (χ4n) is 5.53. The normalized spacial score (nSPS) is 11.0. The van der Waals surface area contributed by atoms with Gasteiger partial charge in [-0.3, -0.25) is 4.79 Å². The number of aromatic nitrogens is 1. The number of amides is 1. The van der Waals surface area contributed by atoms with Crippen LogP contribution in [0.4, 0.5) is 0 Å². The molecule has 1 aromatic heterocycles. The van der Waals surface area contributed by atoms with Crippen molar-refractivity contribution in [1.29, 1.82) is 0 Å². The molecule has 1 heterocycles. The summed E-state index contributed by atoms with van der Waals surface area (Å²) in [5, 5.41) is 0. The molecule has 0 N–H and O–H groups in total. The van der Waals surface area contributed by atoms with E-state index in [1.807, 2.05) is 41.3 Å². The van der Waals surface area contributed by atoms with Gasteiger partial charge < -0.3 is 14.4 Å². The first-order valence-electron chi connectivity index (χ1n) is 16.7. The molecule has 43 heavy (non-hydrogen) atoms. The second-order valence-corrected chi connectivity index (χ2v) is 11.7. The molecule has 3 aromatic rings. The maximum atomic E-state index is 13.9. The number of carbonyl (C=O) groups is 1. The van der Waals surface area contributed by atoms with Crippen LogP contribution in [0.3, 0.4) is 0 Å². The fraction of sp³-hybridized carbons (Fsp3) is 0.526. The number of unbranched alkanes of at least 4 members (excludes halogenated alkanes) is 11. The van der Waals surface area contributed by atoms with Crippen LogP contribution in [0.15, 0.2) is 67.0 Å². The lowest BCUT2D eigenvalue weighted by Crippen LogP contribution is -2.33. The van der Waals surface area contributed by atoms with E-state index in [0.29, 0.717) is 24.4 Å². The molecule has 0 unspecified atom stereocenters. The van der Waals surface area contributed by atoms with E-state index in [2.05, 4.69) is 55.9 Å². The number of nitrogens with zero attached hydrogens (tertiary/aromatic N) is 2. The molecule has 3 rings (SSSR count). The number of benzene rings is 2. The summed E-state index contributed by atoms with van der Waals surface area (Å²) in [6.45, 7) is 9.13. The Morgan fingerprint density at radius 3 is 1.95 bits per heavy atom. The number of aryl methyl sites for hydroxylation is 1. The fourth-order valence-corrected chi connectivity index (χ4v) is 5.53. The molecule has 2 aromatic carbocycles. The molecule has 0 radical (unpaired) electrons. The first kappa shape index (κ1) is 34.2. The van der Waals surface area contributed by atoms with Crippen LogP contribution in [0, 0.1) is 6.92 Å². The standard InChI is InChI=1S/C38H55N2O3/c1-5-7-8-9-10-11-12-13-14-15-16-19-29-43-36-24-20-21-34(32(36)3)31-40(30-33-25-27-39(6-2)28-26-33)38(41)35-22-17-18-23-37(35)42-4/h17-18,20-28H,5-16,19,29-31H2,1-4H3/q+1. The number of para-hydroxylation sites is 1. The van der Waals surface area contributed by atoms with E-state index in [1.54, 1.807) is 7.11 Å². The van der Waals surface area contributed by atoms with Crippen molar-refractivity contribution in [2.24, 2.45) is 0 Å². The van der Waals surface area contributed by atoms with Crippen LogP contribution in [-0.2, 0) is 19.6 Å². The second kappa shape index (κ2) is 19.8. The monoisotopic (exact) mass is 587 g/mol. The van der Waals surface area contributed by atoms with Gasteiger partial charge in [0.15, 0.2) is 12.4 Å². The quantitative estimate of drug-likeness (QED) is 0.0921. The second-order valence-electron chi connectivity index (χ2n) is 11.7. The van der Waals surface area contributed by atoms with E-state index >= 15 is 0 Å². The summed E-state index contributed by atoms with van der Waals surface area (Å²) >= 11 is 0. The van der Waals surface area contributed by atoms with Gasteiger partial charge in [-0.2, -0.15) is 0 Å². The Kier molecular flexibility index (Phi) is 15.7. The number of hydrogen-bond donors (Lipinski definition) is 0. The molecule has 0 aliphatic carbocycles.